The van der Waals surface area contributed by atoms with Crippen LogP contribution in [0.15, 0.2) is 30.3 Å². The molecule has 1 amide bonds. The smallest absolute Gasteiger partial charge is 0.410 e. The van der Waals surface area contributed by atoms with E-state index in [4.69, 9.17) is 9.84 Å². The first-order valence-corrected chi connectivity index (χ1v) is 8.79. The third-order valence-corrected chi connectivity index (χ3v) is 4.97. The van der Waals surface area contributed by atoms with Gasteiger partial charge in [-0.1, -0.05) is 30.3 Å². The first-order valence-electron chi connectivity index (χ1n) is 8.79. The predicted octanol–water partition coefficient (Wildman–Crippen LogP) is 1.01. The highest BCUT2D eigenvalue weighted by atomic mass is 16.6. The van der Waals surface area contributed by atoms with Gasteiger partial charge in [-0.25, -0.2) is 4.79 Å². The zero-order valence-corrected chi connectivity index (χ0v) is 14.1. The molecule has 2 heterocycles. The third-order valence-electron chi connectivity index (χ3n) is 4.97. The van der Waals surface area contributed by atoms with E-state index in [2.05, 4.69) is 9.80 Å². The second-order valence-electron chi connectivity index (χ2n) is 6.53. The number of aliphatic hydroxyl groups is 1. The number of ether oxygens (including phenoxy) is 1. The predicted molar refractivity (Wildman–Crippen MR) is 91.7 cm³/mol. The van der Waals surface area contributed by atoms with Gasteiger partial charge in [0.25, 0.3) is 0 Å². The fraction of sp³-hybridized carbons (Fsp3) is 0.611. The summed E-state index contributed by atoms with van der Waals surface area (Å²) in [4.78, 5) is 18.8. The van der Waals surface area contributed by atoms with E-state index in [-0.39, 0.29) is 12.7 Å². The van der Waals surface area contributed by atoms with Crippen LogP contribution in [-0.2, 0) is 11.3 Å². The number of rotatable bonds is 5. The van der Waals surface area contributed by atoms with Crippen LogP contribution in [0.4, 0.5) is 4.79 Å². The van der Waals surface area contributed by atoms with E-state index in [0.29, 0.717) is 12.6 Å². The summed E-state index contributed by atoms with van der Waals surface area (Å²) in [6.07, 6.45) is 0.806. The molecule has 2 aliphatic heterocycles. The van der Waals surface area contributed by atoms with Gasteiger partial charge in [-0.2, -0.15) is 0 Å². The van der Waals surface area contributed by atoms with Gasteiger partial charge in [-0.05, 0) is 12.0 Å². The Morgan fingerprint density at radius 3 is 2.58 bits per heavy atom. The van der Waals surface area contributed by atoms with Crippen molar-refractivity contribution in [2.45, 2.75) is 19.1 Å². The zero-order valence-electron chi connectivity index (χ0n) is 14.1. The lowest BCUT2D eigenvalue weighted by molar-refractivity contribution is 0.0787. The van der Waals surface area contributed by atoms with E-state index >= 15 is 0 Å². The highest BCUT2D eigenvalue weighted by Crippen LogP contribution is 2.18. The minimum Gasteiger partial charge on any atom is -0.445 e. The molecule has 0 bridgehead atoms. The Kier molecular flexibility index (Phi) is 6.07. The van der Waals surface area contributed by atoms with Crippen LogP contribution in [-0.4, -0.2) is 84.4 Å². The molecule has 3 rings (SSSR count). The van der Waals surface area contributed by atoms with Crippen molar-refractivity contribution in [3.05, 3.63) is 35.9 Å². The van der Waals surface area contributed by atoms with Crippen molar-refractivity contribution in [1.29, 1.82) is 0 Å². The van der Waals surface area contributed by atoms with Crippen molar-refractivity contribution >= 4 is 6.09 Å². The molecule has 0 aliphatic carbocycles. The SMILES string of the molecule is O=C(OCc1ccccc1)N1CCC(N2CCN(CCO)CC2)C1. The van der Waals surface area contributed by atoms with Crippen LogP contribution in [0.3, 0.4) is 0 Å². The summed E-state index contributed by atoms with van der Waals surface area (Å²) in [7, 11) is 0. The van der Waals surface area contributed by atoms with E-state index in [1.54, 1.807) is 0 Å². The molecule has 2 aliphatic rings. The van der Waals surface area contributed by atoms with E-state index in [1.165, 1.54) is 0 Å². The Morgan fingerprint density at radius 2 is 1.88 bits per heavy atom. The summed E-state index contributed by atoms with van der Waals surface area (Å²) in [6, 6.07) is 10.2. The molecule has 0 saturated carbocycles. The van der Waals surface area contributed by atoms with Gasteiger partial charge in [-0.3, -0.25) is 9.80 Å². The molecule has 6 nitrogen and oxygen atoms in total. The topological polar surface area (TPSA) is 56.2 Å². The molecule has 1 aromatic rings. The number of β-amino-alcohol motifs (C(OH)–C–C–N with tert-alkyl or cyclic N) is 1. The number of nitrogens with zero attached hydrogens (tertiary/aromatic N) is 3. The number of aliphatic hydroxyl groups excluding tert-OH is 1. The highest BCUT2D eigenvalue weighted by molar-refractivity contribution is 5.68. The molecule has 1 aromatic carbocycles. The molecule has 24 heavy (non-hydrogen) atoms. The van der Waals surface area contributed by atoms with Gasteiger partial charge in [-0.15, -0.1) is 0 Å². The summed E-state index contributed by atoms with van der Waals surface area (Å²) in [5.74, 6) is 0. The van der Waals surface area contributed by atoms with Crippen LogP contribution in [0.1, 0.15) is 12.0 Å². The molecular formula is C18H27N3O3. The van der Waals surface area contributed by atoms with Crippen molar-refractivity contribution in [2.75, 3.05) is 52.4 Å². The lowest BCUT2D eigenvalue weighted by Gasteiger charge is -2.37. The largest absolute Gasteiger partial charge is 0.445 e. The number of carbonyl (C=O) groups is 1. The molecule has 6 heteroatoms. The fourth-order valence-electron chi connectivity index (χ4n) is 3.51. The Morgan fingerprint density at radius 1 is 1.12 bits per heavy atom. The van der Waals surface area contributed by atoms with Crippen LogP contribution in [0, 0.1) is 0 Å². The van der Waals surface area contributed by atoms with Crippen LogP contribution < -0.4 is 0 Å². The van der Waals surface area contributed by atoms with Crippen LogP contribution >= 0.6 is 0 Å². The van der Waals surface area contributed by atoms with Gasteiger partial charge in [0, 0.05) is 51.9 Å². The maximum Gasteiger partial charge on any atom is 0.410 e. The summed E-state index contributed by atoms with van der Waals surface area (Å²) in [6.45, 7) is 6.87. The molecule has 0 spiro atoms. The van der Waals surface area contributed by atoms with Crippen molar-refractivity contribution in [3.8, 4) is 0 Å². The minimum absolute atomic E-state index is 0.208. The molecule has 1 N–H and O–H groups in total. The summed E-state index contributed by atoms with van der Waals surface area (Å²) in [5, 5.41) is 9.01. The van der Waals surface area contributed by atoms with E-state index < -0.39 is 0 Å². The number of carbonyl (C=O) groups excluding carboxylic acids is 1. The van der Waals surface area contributed by atoms with E-state index in [0.717, 1.165) is 57.8 Å². The van der Waals surface area contributed by atoms with Gasteiger partial charge in [0.15, 0.2) is 0 Å². The van der Waals surface area contributed by atoms with Crippen LogP contribution in [0.2, 0.25) is 0 Å². The standard InChI is InChI=1S/C18H27N3O3/c22-13-12-19-8-10-20(11-9-19)17-6-7-21(14-17)18(23)24-15-16-4-2-1-3-5-16/h1-5,17,22H,6-15H2. The van der Waals surface area contributed by atoms with Crippen molar-refractivity contribution in [1.82, 2.24) is 14.7 Å². The first-order chi connectivity index (χ1) is 11.8. The van der Waals surface area contributed by atoms with Crippen LogP contribution in [0.5, 0.6) is 0 Å². The van der Waals surface area contributed by atoms with E-state index in [1.807, 2.05) is 35.2 Å². The van der Waals surface area contributed by atoms with Gasteiger partial charge in [0.2, 0.25) is 0 Å². The van der Waals surface area contributed by atoms with Crippen molar-refractivity contribution < 1.29 is 14.6 Å². The molecule has 1 unspecified atom stereocenters. The normalized spacial score (nSPS) is 22.7. The minimum atomic E-state index is -0.208. The summed E-state index contributed by atoms with van der Waals surface area (Å²) in [5.41, 5.74) is 1.02. The average molecular weight is 333 g/mol. The molecule has 1 atom stereocenters. The summed E-state index contributed by atoms with van der Waals surface area (Å²) >= 11 is 0. The lowest BCUT2D eigenvalue weighted by Crippen LogP contribution is -2.51. The summed E-state index contributed by atoms with van der Waals surface area (Å²) < 4.78 is 5.43. The number of benzene rings is 1. The molecular weight excluding hydrogens is 306 g/mol. The number of amides is 1. The fourth-order valence-corrected chi connectivity index (χ4v) is 3.51. The Bertz CT molecular complexity index is 518. The first kappa shape index (κ1) is 17.2. The Balaban J connectivity index is 1.41. The molecule has 0 aromatic heterocycles. The second kappa shape index (κ2) is 8.46. The van der Waals surface area contributed by atoms with Gasteiger partial charge < -0.3 is 14.7 Å². The maximum atomic E-state index is 12.2. The van der Waals surface area contributed by atoms with Crippen LogP contribution in [0.25, 0.3) is 0 Å². The molecule has 0 radical (unpaired) electrons. The number of piperazine rings is 1. The molecule has 132 valence electrons. The molecule has 2 saturated heterocycles. The third kappa shape index (κ3) is 4.47. The number of likely N-dealkylation sites (tertiary alicyclic amines) is 1. The zero-order chi connectivity index (χ0) is 16.8. The van der Waals surface area contributed by atoms with Gasteiger partial charge in [0.1, 0.15) is 6.61 Å². The Hall–Kier alpha value is -1.63. The second-order valence-corrected chi connectivity index (χ2v) is 6.53. The quantitative estimate of drug-likeness (QED) is 0.871. The Labute approximate surface area is 143 Å². The molecule has 2 fully saturated rings. The monoisotopic (exact) mass is 333 g/mol. The highest BCUT2D eigenvalue weighted by Gasteiger charge is 2.32. The number of hydrogen-bond donors (Lipinski definition) is 1. The van der Waals surface area contributed by atoms with Crippen molar-refractivity contribution in [2.24, 2.45) is 0 Å². The van der Waals surface area contributed by atoms with Crippen molar-refractivity contribution in [3.63, 3.8) is 0 Å². The number of hydrogen-bond acceptors (Lipinski definition) is 5. The lowest BCUT2D eigenvalue weighted by atomic mass is 10.2. The van der Waals surface area contributed by atoms with E-state index in [9.17, 15) is 4.79 Å². The average Bonchev–Trinajstić information content (AvgIpc) is 3.12. The van der Waals surface area contributed by atoms with Gasteiger partial charge in [0.05, 0.1) is 6.61 Å². The maximum absolute atomic E-state index is 12.2. The van der Waals surface area contributed by atoms with Gasteiger partial charge >= 0.3 is 6.09 Å².